The largest absolute Gasteiger partial charge is 0.323 e. The van der Waals surface area contributed by atoms with Crippen molar-refractivity contribution in [2.45, 2.75) is 36.8 Å². The quantitative estimate of drug-likeness (QED) is 0.812. The van der Waals surface area contributed by atoms with Gasteiger partial charge in [-0.1, -0.05) is 30.3 Å². The Kier molecular flexibility index (Phi) is 3.24. The van der Waals surface area contributed by atoms with Gasteiger partial charge in [0.2, 0.25) is 0 Å². The minimum atomic E-state index is -0.703. The predicted octanol–water partition coefficient (Wildman–Crippen LogP) is 1.60. The summed E-state index contributed by atoms with van der Waals surface area (Å²) in [6, 6.07) is 10.0. The summed E-state index contributed by atoms with van der Waals surface area (Å²) < 4.78 is 0. The van der Waals surface area contributed by atoms with E-state index in [9.17, 15) is 9.59 Å². The van der Waals surface area contributed by atoms with Crippen LogP contribution in [-0.4, -0.2) is 36.5 Å². The molecule has 1 aromatic rings. The van der Waals surface area contributed by atoms with Crippen molar-refractivity contribution < 1.29 is 9.59 Å². The number of hydrogen-bond donors (Lipinski definition) is 2. The molecule has 1 aromatic carbocycles. The summed E-state index contributed by atoms with van der Waals surface area (Å²) in [5, 5.41) is 5.20. The second-order valence-corrected chi connectivity index (χ2v) is 6.28. The number of carbonyl (C=O) groups excluding carboxylic acids is 2. The van der Waals surface area contributed by atoms with Gasteiger partial charge in [0.1, 0.15) is 5.54 Å². The average molecular weight is 287 g/mol. The molecule has 1 heterocycles. The number of amides is 3. The number of hydrogen-bond acceptors (Lipinski definition) is 3. The van der Waals surface area contributed by atoms with Gasteiger partial charge in [-0.25, -0.2) is 4.79 Å². The number of carbonyl (C=O) groups is 2. The molecule has 1 aliphatic heterocycles. The molecule has 0 radical (unpaired) electrons. The molecular weight excluding hydrogens is 266 g/mol. The van der Waals surface area contributed by atoms with Crippen molar-refractivity contribution in [1.82, 2.24) is 15.5 Å². The van der Waals surface area contributed by atoms with Gasteiger partial charge in [0.15, 0.2) is 0 Å². The van der Waals surface area contributed by atoms with E-state index in [2.05, 4.69) is 53.9 Å². The van der Waals surface area contributed by atoms with Crippen LogP contribution in [0.5, 0.6) is 0 Å². The summed E-state index contributed by atoms with van der Waals surface area (Å²) in [7, 11) is 4.16. The smallest absolute Gasteiger partial charge is 0.322 e. The van der Waals surface area contributed by atoms with Gasteiger partial charge in [-0.05, 0) is 45.3 Å². The summed E-state index contributed by atoms with van der Waals surface area (Å²) in [5.74, 6) is -0.173. The van der Waals surface area contributed by atoms with Crippen LogP contribution >= 0.6 is 0 Å². The molecule has 5 nitrogen and oxygen atoms in total. The number of rotatable bonds is 2. The summed E-state index contributed by atoms with van der Waals surface area (Å²) in [5.41, 5.74) is 0.500. The molecule has 1 aliphatic carbocycles. The molecule has 2 fully saturated rings. The van der Waals surface area contributed by atoms with E-state index >= 15 is 0 Å². The lowest BCUT2D eigenvalue weighted by Gasteiger charge is -2.47. The van der Waals surface area contributed by atoms with Gasteiger partial charge >= 0.3 is 6.03 Å². The van der Waals surface area contributed by atoms with Gasteiger partial charge in [-0.2, -0.15) is 0 Å². The molecule has 2 aliphatic rings. The molecule has 21 heavy (non-hydrogen) atoms. The molecule has 0 aromatic heterocycles. The maximum atomic E-state index is 12.1. The SMILES string of the molecule is CN(C)[C@]1(c2ccccc2)CC[C@@]2(CC1)NC(=O)NC2=O. The third-order valence-corrected chi connectivity index (χ3v) is 5.11. The Morgan fingerprint density at radius 2 is 1.62 bits per heavy atom. The summed E-state index contributed by atoms with van der Waals surface area (Å²) >= 11 is 0. The van der Waals surface area contributed by atoms with E-state index in [4.69, 9.17) is 0 Å². The highest BCUT2D eigenvalue weighted by atomic mass is 16.2. The van der Waals surface area contributed by atoms with Crippen LogP contribution in [0.4, 0.5) is 4.79 Å². The van der Waals surface area contributed by atoms with Crippen LogP contribution in [0.2, 0.25) is 0 Å². The topological polar surface area (TPSA) is 61.4 Å². The van der Waals surface area contributed by atoms with E-state index in [0.717, 1.165) is 12.8 Å². The predicted molar refractivity (Wildman–Crippen MR) is 79.7 cm³/mol. The van der Waals surface area contributed by atoms with Gasteiger partial charge in [0.05, 0.1) is 0 Å². The molecular formula is C16H21N3O2. The molecule has 2 N–H and O–H groups in total. The lowest BCUT2D eigenvalue weighted by atomic mass is 9.68. The second kappa shape index (κ2) is 4.84. The monoisotopic (exact) mass is 287 g/mol. The van der Waals surface area contributed by atoms with Crippen molar-refractivity contribution in [3.63, 3.8) is 0 Å². The first-order chi connectivity index (χ1) is 9.98. The third kappa shape index (κ3) is 2.12. The average Bonchev–Trinajstić information content (AvgIpc) is 2.75. The number of urea groups is 1. The van der Waals surface area contributed by atoms with E-state index in [0.29, 0.717) is 12.8 Å². The first-order valence-corrected chi connectivity index (χ1v) is 7.35. The Balaban J connectivity index is 1.88. The maximum Gasteiger partial charge on any atom is 0.322 e. The summed E-state index contributed by atoms with van der Waals surface area (Å²) in [6.07, 6.45) is 3.02. The normalized spacial score (nSPS) is 32.3. The molecule has 112 valence electrons. The molecule has 3 amide bonds. The van der Waals surface area contributed by atoms with E-state index in [1.54, 1.807) is 0 Å². The number of imide groups is 1. The minimum absolute atomic E-state index is 0.0693. The van der Waals surface area contributed by atoms with Crippen LogP contribution in [0, 0.1) is 0 Å². The number of nitrogens with zero attached hydrogens (tertiary/aromatic N) is 1. The van der Waals surface area contributed by atoms with Gasteiger partial charge in [-0.15, -0.1) is 0 Å². The highest BCUT2D eigenvalue weighted by Gasteiger charge is 2.52. The van der Waals surface area contributed by atoms with Gasteiger partial charge in [0, 0.05) is 5.54 Å². The van der Waals surface area contributed by atoms with Crippen LogP contribution in [0.1, 0.15) is 31.2 Å². The molecule has 1 spiro atoms. The fourth-order valence-electron chi connectivity index (χ4n) is 3.71. The molecule has 0 atom stereocenters. The Hall–Kier alpha value is -1.88. The van der Waals surface area contributed by atoms with Gasteiger partial charge < -0.3 is 5.32 Å². The van der Waals surface area contributed by atoms with Crippen molar-refractivity contribution in [3.05, 3.63) is 35.9 Å². The van der Waals surface area contributed by atoms with Crippen molar-refractivity contribution in [1.29, 1.82) is 0 Å². The molecule has 0 unspecified atom stereocenters. The Bertz CT molecular complexity index is 560. The van der Waals surface area contributed by atoms with Gasteiger partial charge in [-0.3, -0.25) is 15.0 Å². The van der Waals surface area contributed by atoms with E-state index in [-0.39, 0.29) is 17.5 Å². The Morgan fingerprint density at radius 3 is 2.10 bits per heavy atom. The lowest BCUT2D eigenvalue weighted by molar-refractivity contribution is -0.126. The molecule has 1 saturated heterocycles. The minimum Gasteiger partial charge on any atom is -0.323 e. The third-order valence-electron chi connectivity index (χ3n) is 5.11. The fraction of sp³-hybridized carbons (Fsp3) is 0.500. The first-order valence-electron chi connectivity index (χ1n) is 7.35. The van der Waals surface area contributed by atoms with Crippen molar-refractivity contribution >= 4 is 11.9 Å². The van der Waals surface area contributed by atoms with Crippen LogP contribution in [-0.2, 0) is 10.3 Å². The Morgan fingerprint density at radius 1 is 1.00 bits per heavy atom. The van der Waals surface area contributed by atoms with Crippen molar-refractivity contribution in [3.8, 4) is 0 Å². The van der Waals surface area contributed by atoms with E-state index in [1.807, 2.05) is 6.07 Å². The standard InChI is InChI=1S/C16H21N3O2/c1-19(2)16(12-6-4-3-5-7-12)10-8-15(9-11-16)13(20)17-14(21)18-15/h3-7H,8-11H2,1-2H3,(H2,17,18,20,21)/t15-,16+. The first kappa shape index (κ1) is 14.1. The fourth-order valence-corrected chi connectivity index (χ4v) is 3.71. The zero-order valence-electron chi connectivity index (χ0n) is 12.5. The van der Waals surface area contributed by atoms with E-state index in [1.165, 1.54) is 5.56 Å². The highest BCUT2D eigenvalue weighted by molar-refractivity contribution is 6.07. The van der Waals surface area contributed by atoms with Crippen LogP contribution < -0.4 is 10.6 Å². The molecule has 1 saturated carbocycles. The second-order valence-electron chi connectivity index (χ2n) is 6.28. The maximum absolute atomic E-state index is 12.1. The van der Waals surface area contributed by atoms with Crippen molar-refractivity contribution in [2.24, 2.45) is 0 Å². The molecule has 5 heteroatoms. The zero-order valence-corrected chi connectivity index (χ0v) is 12.5. The summed E-state index contributed by atoms with van der Waals surface area (Å²) in [4.78, 5) is 25.7. The number of nitrogens with one attached hydrogen (secondary N) is 2. The van der Waals surface area contributed by atoms with E-state index < -0.39 is 5.54 Å². The Labute approximate surface area is 124 Å². The van der Waals surface area contributed by atoms with Crippen molar-refractivity contribution in [2.75, 3.05) is 14.1 Å². The van der Waals surface area contributed by atoms with Crippen LogP contribution in [0.25, 0.3) is 0 Å². The molecule has 3 rings (SSSR count). The highest BCUT2D eigenvalue weighted by Crippen LogP contribution is 2.45. The van der Waals surface area contributed by atoms with Gasteiger partial charge in [0.25, 0.3) is 5.91 Å². The van der Waals surface area contributed by atoms with Crippen LogP contribution in [0.15, 0.2) is 30.3 Å². The van der Waals surface area contributed by atoms with Crippen LogP contribution in [0.3, 0.4) is 0 Å². The molecule has 0 bridgehead atoms. The number of benzene rings is 1. The summed E-state index contributed by atoms with van der Waals surface area (Å²) in [6.45, 7) is 0. The lowest BCUT2D eigenvalue weighted by Crippen LogP contribution is -2.55. The zero-order chi connectivity index (χ0) is 15.1.